The van der Waals surface area contributed by atoms with E-state index in [2.05, 4.69) is 0 Å². The molecule has 106 valence electrons. The first-order chi connectivity index (χ1) is 10.2. The van der Waals surface area contributed by atoms with Gasteiger partial charge in [0, 0.05) is 5.88 Å². The molecule has 0 bridgehead atoms. The number of benzene rings is 3. The Bertz CT molecular complexity index is 779. The molecule has 0 amide bonds. The molecule has 0 heterocycles. The Morgan fingerprint density at radius 1 is 0.857 bits per heavy atom. The summed E-state index contributed by atoms with van der Waals surface area (Å²) in [5, 5.41) is 1.97. The van der Waals surface area contributed by atoms with E-state index in [1.165, 1.54) is 12.1 Å². The molecule has 0 aliphatic heterocycles. The quantitative estimate of drug-likeness (QED) is 0.568. The lowest BCUT2D eigenvalue weighted by Gasteiger charge is -2.10. The molecular weight excluding hydrogens is 294 g/mol. The molecule has 0 N–H and O–H groups in total. The van der Waals surface area contributed by atoms with Crippen molar-refractivity contribution in [3.8, 4) is 11.5 Å². The maximum absolute atomic E-state index is 13.9. The van der Waals surface area contributed by atoms with Crippen LogP contribution in [-0.2, 0) is 5.88 Å². The van der Waals surface area contributed by atoms with E-state index < -0.39 is 17.4 Å². The Balaban J connectivity index is 1.98. The highest BCUT2D eigenvalue weighted by molar-refractivity contribution is 6.17. The number of fused-ring (bicyclic) bond motifs is 1. The Labute approximate surface area is 125 Å². The number of alkyl halides is 1. The molecule has 0 spiro atoms. The van der Waals surface area contributed by atoms with E-state index in [1.54, 1.807) is 12.1 Å². The highest BCUT2D eigenvalue weighted by Gasteiger charge is 2.13. The fourth-order valence-electron chi connectivity index (χ4n) is 2.14. The van der Waals surface area contributed by atoms with Crippen molar-refractivity contribution >= 4 is 22.4 Å². The number of hydrogen-bond acceptors (Lipinski definition) is 1. The number of hydrogen-bond donors (Lipinski definition) is 0. The van der Waals surface area contributed by atoms with Crippen LogP contribution < -0.4 is 4.74 Å². The van der Waals surface area contributed by atoms with Gasteiger partial charge in [-0.3, -0.25) is 0 Å². The number of rotatable bonds is 3. The van der Waals surface area contributed by atoms with E-state index in [0.29, 0.717) is 11.3 Å². The maximum Gasteiger partial charge on any atom is 0.198 e. The van der Waals surface area contributed by atoms with Crippen molar-refractivity contribution in [3.05, 3.63) is 71.8 Å². The Hall–Kier alpha value is -2.13. The molecule has 4 heteroatoms. The topological polar surface area (TPSA) is 9.23 Å². The maximum atomic E-state index is 13.9. The summed E-state index contributed by atoms with van der Waals surface area (Å²) in [5.41, 5.74) is 0.373. The molecule has 0 fully saturated rings. The van der Waals surface area contributed by atoms with Crippen molar-refractivity contribution < 1.29 is 13.5 Å². The third-order valence-corrected chi connectivity index (χ3v) is 3.46. The highest BCUT2D eigenvalue weighted by atomic mass is 35.5. The fourth-order valence-corrected chi connectivity index (χ4v) is 2.29. The van der Waals surface area contributed by atoms with Gasteiger partial charge in [-0.25, -0.2) is 8.78 Å². The normalized spacial score (nSPS) is 10.8. The second-order valence-electron chi connectivity index (χ2n) is 4.63. The van der Waals surface area contributed by atoms with Crippen molar-refractivity contribution in [1.29, 1.82) is 0 Å². The molecule has 0 saturated carbocycles. The summed E-state index contributed by atoms with van der Waals surface area (Å²) in [4.78, 5) is 0. The van der Waals surface area contributed by atoms with Gasteiger partial charge in [0.2, 0.25) is 0 Å². The lowest BCUT2D eigenvalue weighted by molar-refractivity contribution is 0.407. The average molecular weight is 305 g/mol. The molecule has 1 nitrogen and oxygen atoms in total. The molecule has 3 rings (SSSR count). The summed E-state index contributed by atoms with van der Waals surface area (Å²) in [6, 6.07) is 15.3. The molecule has 3 aromatic rings. The third kappa shape index (κ3) is 2.83. The van der Waals surface area contributed by atoms with Gasteiger partial charge in [0.1, 0.15) is 5.75 Å². The van der Waals surface area contributed by atoms with Crippen LogP contribution in [0.2, 0.25) is 0 Å². The van der Waals surface area contributed by atoms with Gasteiger partial charge >= 0.3 is 0 Å². The van der Waals surface area contributed by atoms with Crippen LogP contribution >= 0.6 is 11.6 Å². The molecule has 0 atom stereocenters. The van der Waals surface area contributed by atoms with Gasteiger partial charge in [-0.05, 0) is 40.6 Å². The number of halogens is 3. The smallest absolute Gasteiger partial charge is 0.198 e. The van der Waals surface area contributed by atoms with Crippen molar-refractivity contribution in [2.75, 3.05) is 0 Å². The summed E-state index contributed by atoms with van der Waals surface area (Å²) in [6.07, 6.45) is 0. The third-order valence-electron chi connectivity index (χ3n) is 3.15. The van der Waals surface area contributed by atoms with Gasteiger partial charge in [-0.2, -0.15) is 0 Å². The summed E-state index contributed by atoms with van der Waals surface area (Å²) in [7, 11) is 0. The van der Waals surface area contributed by atoms with Crippen LogP contribution in [-0.4, -0.2) is 0 Å². The van der Waals surface area contributed by atoms with Crippen LogP contribution in [0.15, 0.2) is 54.6 Å². The minimum atomic E-state index is -0.765. The van der Waals surface area contributed by atoms with Gasteiger partial charge in [-0.1, -0.05) is 30.3 Å². The fraction of sp³-hybridized carbons (Fsp3) is 0.0588. The van der Waals surface area contributed by atoms with Crippen LogP contribution in [0.4, 0.5) is 8.78 Å². The molecule has 0 saturated heterocycles. The minimum Gasteiger partial charge on any atom is -0.451 e. The SMILES string of the molecule is Fc1cc(CCl)cc(F)c1Oc1ccc2ccccc2c1. The van der Waals surface area contributed by atoms with Crippen LogP contribution in [0.1, 0.15) is 5.56 Å². The van der Waals surface area contributed by atoms with Crippen molar-refractivity contribution in [3.63, 3.8) is 0 Å². The van der Waals surface area contributed by atoms with E-state index in [9.17, 15) is 8.78 Å². The van der Waals surface area contributed by atoms with Crippen molar-refractivity contribution in [2.24, 2.45) is 0 Å². The largest absolute Gasteiger partial charge is 0.451 e. The predicted octanol–water partition coefficient (Wildman–Crippen LogP) is 5.65. The van der Waals surface area contributed by atoms with Crippen LogP contribution in [0.3, 0.4) is 0 Å². The molecule has 0 aromatic heterocycles. The van der Waals surface area contributed by atoms with Gasteiger partial charge in [0.05, 0.1) is 0 Å². The van der Waals surface area contributed by atoms with Crippen LogP contribution in [0.5, 0.6) is 11.5 Å². The molecule has 3 aromatic carbocycles. The van der Waals surface area contributed by atoms with Gasteiger partial charge in [-0.15, -0.1) is 11.6 Å². The van der Waals surface area contributed by atoms with E-state index in [0.717, 1.165) is 10.8 Å². The van der Waals surface area contributed by atoms with E-state index in [4.69, 9.17) is 16.3 Å². The first kappa shape index (κ1) is 13.8. The van der Waals surface area contributed by atoms with E-state index in [-0.39, 0.29) is 5.88 Å². The highest BCUT2D eigenvalue weighted by Crippen LogP contribution is 2.30. The first-order valence-electron chi connectivity index (χ1n) is 6.38. The van der Waals surface area contributed by atoms with Crippen LogP contribution in [0.25, 0.3) is 10.8 Å². The first-order valence-corrected chi connectivity index (χ1v) is 6.91. The minimum absolute atomic E-state index is 0.0457. The second-order valence-corrected chi connectivity index (χ2v) is 4.90. The molecule has 0 unspecified atom stereocenters. The summed E-state index contributed by atoms with van der Waals surface area (Å²) >= 11 is 5.57. The zero-order valence-electron chi connectivity index (χ0n) is 10.9. The lowest BCUT2D eigenvalue weighted by Crippen LogP contribution is -1.95. The van der Waals surface area contributed by atoms with Crippen molar-refractivity contribution in [2.45, 2.75) is 5.88 Å². The molecular formula is C17H11ClF2O. The Morgan fingerprint density at radius 2 is 1.52 bits per heavy atom. The van der Waals surface area contributed by atoms with E-state index >= 15 is 0 Å². The molecule has 21 heavy (non-hydrogen) atoms. The van der Waals surface area contributed by atoms with E-state index in [1.807, 2.05) is 30.3 Å². The number of ether oxygens (including phenoxy) is 1. The Kier molecular flexibility index (Phi) is 3.76. The average Bonchev–Trinajstić information content (AvgIpc) is 2.50. The zero-order valence-corrected chi connectivity index (χ0v) is 11.7. The zero-order chi connectivity index (χ0) is 14.8. The van der Waals surface area contributed by atoms with Gasteiger partial charge < -0.3 is 4.74 Å². The predicted molar refractivity (Wildman–Crippen MR) is 79.9 cm³/mol. The van der Waals surface area contributed by atoms with Gasteiger partial charge in [0.15, 0.2) is 17.4 Å². The monoisotopic (exact) mass is 304 g/mol. The van der Waals surface area contributed by atoms with Crippen molar-refractivity contribution in [1.82, 2.24) is 0 Å². The lowest BCUT2D eigenvalue weighted by atomic mass is 10.1. The molecule has 0 aliphatic rings. The summed E-state index contributed by atoms with van der Waals surface area (Å²) < 4.78 is 33.1. The molecule has 0 aliphatic carbocycles. The summed E-state index contributed by atoms with van der Waals surface area (Å²) in [6.45, 7) is 0. The summed E-state index contributed by atoms with van der Waals surface area (Å²) in [5.74, 6) is -1.52. The van der Waals surface area contributed by atoms with Gasteiger partial charge in [0.25, 0.3) is 0 Å². The van der Waals surface area contributed by atoms with Crippen LogP contribution in [0, 0.1) is 11.6 Å². The molecule has 0 radical (unpaired) electrons. The second kappa shape index (κ2) is 5.70. The Morgan fingerprint density at radius 3 is 2.19 bits per heavy atom. The standard InChI is InChI=1S/C17H11ClF2O/c18-10-11-7-15(19)17(16(20)8-11)21-14-6-5-12-3-1-2-4-13(12)9-14/h1-9H,10H2.